The standard InChI is InChI=1S/C12H12N2O3S/c1-7-4-9(2-3-10(7)13)18-6-8-5-11(12(15)16)14-17-8/h2-5H,6,13H2,1H3,(H,15,16). The van der Waals surface area contributed by atoms with Crippen LogP contribution in [-0.2, 0) is 5.75 Å². The molecule has 2 rings (SSSR count). The molecule has 0 amide bonds. The predicted molar refractivity (Wildman–Crippen MR) is 68.6 cm³/mol. The summed E-state index contributed by atoms with van der Waals surface area (Å²) < 4.78 is 4.93. The van der Waals surface area contributed by atoms with Gasteiger partial charge in [-0.3, -0.25) is 0 Å². The molecule has 1 aromatic carbocycles. The maximum Gasteiger partial charge on any atom is 0.358 e. The van der Waals surface area contributed by atoms with E-state index in [9.17, 15) is 4.79 Å². The van der Waals surface area contributed by atoms with Crippen molar-refractivity contribution in [2.24, 2.45) is 0 Å². The minimum Gasteiger partial charge on any atom is -0.476 e. The van der Waals surface area contributed by atoms with Gasteiger partial charge in [-0.05, 0) is 30.7 Å². The summed E-state index contributed by atoms with van der Waals surface area (Å²) in [6, 6.07) is 7.18. The summed E-state index contributed by atoms with van der Waals surface area (Å²) in [6.45, 7) is 1.94. The molecule has 3 N–H and O–H groups in total. The van der Waals surface area contributed by atoms with Crippen LogP contribution in [0.1, 0.15) is 21.8 Å². The Balaban J connectivity index is 2.02. The highest BCUT2D eigenvalue weighted by atomic mass is 32.2. The number of anilines is 1. The summed E-state index contributed by atoms with van der Waals surface area (Å²) in [7, 11) is 0. The van der Waals surface area contributed by atoms with Gasteiger partial charge in [0.25, 0.3) is 0 Å². The first-order valence-corrected chi connectivity index (χ1v) is 6.22. The van der Waals surface area contributed by atoms with E-state index in [1.807, 2.05) is 25.1 Å². The average Bonchev–Trinajstić information content (AvgIpc) is 2.79. The SMILES string of the molecule is Cc1cc(SCc2cc(C(=O)O)no2)ccc1N. The predicted octanol–water partition coefficient (Wildman–Crippen LogP) is 2.56. The van der Waals surface area contributed by atoms with Crippen molar-refractivity contribution in [3.8, 4) is 0 Å². The number of rotatable bonds is 4. The molecule has 0 atom stereocenters. The lowest BCUT2D eigenvalue weighted by Gasteiger charge is -2.03. The van der Waals surface area contributed by atoms with E-state index in [4.69, 9.17) is 15.4 Å². The molecule has 0 bridgehead atoms. The third-order valence-electron chi connectivity index (χ3n) is 2.40. The monoisotopic (exact) mass is 264 g/mol. The zero-order valence-corrected chi connectivity index (χ0v) is 10.5. The number of carboxylic acids is 1. The molecular weight excluding hydrogens is 252 g/mol. The highest BCUT2D eigenvalue weighted by Crippen LogP contribution is 2.25. The molecule has 0 spiro atoms. The van der Waals surface area contributed by atoms with Gasteiger partial charge in [0.1, 0.15) is 5.76 Å². The lowest BCUT2D eigenvalue weighted by molar-refractivity contribution is 0.0685. The maximum atomic E-state index is 10.6. The quantitative estimate of drug-likeness (QED) is 0.651. The number of thioether (sulfide) groups is 1. The van der Waals surface area contributed by atoms with E-state index in [1.165, 1.54) is 17.8 Å². The smallest absolute Gasteiger partial charge is 0.358 e. The van der Waals surface area contributed by atoms with Crippen LogP contribution in [0.2, 0.25) is 0 Å². The van der Waals surface area contributed by atoms with Crippen LogP contribution in [-0.4, -0.2) is 16.2 Å². The Hall–Kier alpha value is -1.95. The van der Waals surface area contributed by atoms with Crippen molar-refractivity contribution >= 4 is 23.4 Å². The molecule has 94 valence electrons. The number of carbonyl (C=O) groups is 1. The maximum absolute atomic E-state index is 10.6. The van der Waals surface area contributed by atoms with Gasteiger partial charge in [0, 0.05) is 16.6 Å². The number of hydrogen-bond donors (Lipinski definition) is 2. The van der Waals surface area contributed by atoms with Gasteiger partial charge in [0.05, 0.1) is 5.75 Å². The fraction of sp³-hybridized carbons (Fsp3) is 0.167. The van der Waals surface area contributed by atoms with Crippen LogP contribution in [0.4, 0.5) is 5.69 Å². The molecule has 0 saturated carbocycles. The third kappa shape index (κ3) is 2.84. The molecule has 18 heavy (non-hydrogen) atoms. The number of carboxylic acid groups (broad SMARTS) is 1. The Morgan fingerprint density at radius 2 is 2.28 bits per heavy atom. The summed E-state index contributed by atoms with van der Waals surface area (Å²) in [4.78, 5) is 11.7. The van der Waals surface area contributed by atoms with Crippen molar-refractivity contribution in [2.75, 3.05) is 5.73 Å². The highest BCUT2D eigenvalue weighted by Gasteiger charge is 2.10. The molecular formula is C12H12N2O3S. The highest BCUT2D eigenvalue weighted by molar-refractivity contribution is 7.98. The fourth-order valence-corrected chi connectivity index (χ4v) is 2.24. The number of nitrogen functional groups attached to an aromatic ring is 1. The first-order chi connectivity index (χ1) is 8.56. The zero-order chi connectivity index (χ0) is 13.1. The van der Waals surface area contributed by atoms with Gasteiger partial charge in [-0.1, -0.05) is 5.16 Å². The van der Waals surface area contributed by atoms with Crippen molar-refractivity contribution in [3.05, 3.63) is 41.3 Å². The molecule has 0 aliphatic carbocycles. The van der Waals surface area contributed by atoms with E-state index in [0.717, 1.165) is 16.1 Å². The van der Waals surface area contributed by atoms with Crippen molar-refractivity contribution in [3.63, 3.8) is 0 Å². The molecule has 1 aromatic heterocycles. The molecule has 0 fully saturated rings. The molecule has 6 heteroatoms. The van der Waals surface area contributed by atoms with E-state index in [2.05, 4.69) is 5.16 Å². The number of aromatic nitrogens is 1. The van der Waals surface area contributed by atoms with Crippen LogP contribution in [0, 0.1) is 6.92 Å². The van der Waals surface area contributed by atoms with E-state index in [0.29, 0.717) is 11.5 Å². The zero-order valence-electron chi connectivity index (χ0n) is 9.71. The summed E-state index contributed by atoms with van der Waals surface area (Å²) in [5, 5.41) is 12.2. The van der Waals surface area contributed by atoms with E-state index < -0.39 is 5.97 Å². The van der Waals surface area contributed by atoms with Crippen molar-refractivity contribution < 1.29 is 14.4 Å². The first kappa shape index (κ1) is 12.5. The average molecular weight is 264 g/mol. The van der Waals surface area contributed by atoms with Gasteiger partial charge < -0.3 is 15.4 Å². The van der Waals surface area contributed by atoms with Crippen LogP contribution >= 0.6 is 11.8 Å². The van der Waals surface area contributed by atoms with E-state index in [1.54, 1.807) is 0 Å². The minimum absolute atomic E-state index is 0.0703. The molecule has 0 saturated heterocycles. The number of aryl methyl sites for hydroxylation is 1. The first-order valence-electron chi connectivity index (χ1n) is 5.24. The summed E-state index contributed by atoms with van der Waals surface area (Å²) in [5.74, 6) is -0.0193. The van der Waals surface area contributed by atoms with Crippen LogP contribution in [0.3, 0.4) is 0 Å². The number of nitrogens with two attached hydrogens (primary N) is 1. The number of aromatic carboxylic acids is 1. The Morgan fingerprint density at radius 3 is 2.89 bits per heavy atom. The summed E-state index contributed by atoms with van der Waals surface area (Å²) in [6.07, 6.45) is 0. The molecule has 1 heterocycles. The number of hydrogen-bond acceptors (Lipinski definition) is 5. The van der Waals surface area contributed by atoms with Gasteiger partial charge in [0.2, 0.25) is 0 Å². The Labute approximate surface area is 108 Å². The van der Waals surface area contributed by atoms with Gasteiger partial charge in [-0.15, -0.1) is 11.8 Å². The lowest BCUT2D eigenvalue weighted by atomic mass is 10.2. The molecule has 2 aromatic rings. The molecule has 5 nitrogen and oxygen atoms in total. The molecule has 0 aliphatic heterocycles. The second-order valence-corrected chi connectivity index (χ2v) is 4.84. The van der Waals surface area contributed by atoms with Gasteiger partial charge >= 0.3 is 5.97 Å². The molecule has 0 radical (unpaired) electrons. The van der Waals surface area contributed by atoms with E-state index >= 15 is 0 Å². The minimum atomic E-state index is -1.08. The largest absolute Gasteiger partial charge is 0.476 e. The Morgan fingerprint density at radius 1 is 1.50 bits per heavy atom. The summed E-state index contributed by atoms with van der Waals surface area (Å²) in [5.41, 5.74) is 7.43. The second kappa shape index (κ2) is 5.14. The molecule has 0 aliphatic rings. The van der Waals surface area contributed by atoms with Crippen LogP contribution in [0.25, 0.3) is 0 Å². The van der Waals surface area contributed by atoms with Crippen LogP contribution in [0.5, 0.6) is 0 Å². The number of nitrogens with zero attached hydrogens (tertiary/aromatic N) is 1. The third-order valence-corrected chi connectivity index (χ3v) is 3.42. The van der Waals surface area contributed by atoms with Crippen LogP contribution < -0.4 is 5.73 Å². The van der Waals surface area contributed by atoms with Crippen molar-refractivity contribution in [1.29, 1.82) is 0 Å². The van der Waals surface area contributed by atoms with Gasteiger partial charge in [-0.2, -0.15) is 0 Å². The fourth-order valence-electron chi connectivity index (χ4n) is 1.37. The second-order valence-electron chi connectivity index (χ2n) is 3.79. The van der Waals surface area contributed by atoms with Crippen LogP contribution in [0.15, 0.2) is 33.7 Å². The Bertz CT molecular complexity index is 580. The topological polar surface area (TPSA) is 89.3 Å². The normalized spacial score (nSPS) is 10.5. The lowest BCUT2D eigenvalue weighted by Crippen LogP contribution is -1.94. The molecule has 0 unspecified atom stereocenters. The number of benzene rings is 1. The van der Waals surface area contributed by atoms with Gasteiger partial charge in [-0.25, -0.2) is 4.79 Å². The summed E-state index contributed by atoms with van der Waals surface area (Å²) >= 11 is 1.54. The van der Waals surface area contributed by atoms with E-state index in [-0.39, 0.29) is 5.69 Å². The van der Waals surface area contributed by atoms with Crippen molar-refractivity contribution in [1.82, 2.24) is 5.16 Å². The Kier molecular flexibility index (Phi) is 3.57. The van der Waals surface area contributed by atoms with Gasteiger partial charge in [0.15, 0.2) is 5.69 Å². The van der Waals surface area contributed by atoms with Crippen molar-refractivity contribution in [2.45, 2.75) is 17.6 Å².